The molecule has 1 aromatic heterocycles. The van der Waals surface area contributed by atoms with Crippen molar-refractivity contribution in [1.82, 2.24) is 9.97 Å². The molecule has 0 aliphatic heterocycles. The lowest BCUT2D eigenvalue weighted by atomic mass is 10.2. The predicted molar refractivity (Wildman–Crippen MR) is 134 cm³/mol. The highest BCUT2D eigenvalue weighted by Crippen LogP contribution is 2.28. The summed E-state index contributed by atoms with van der Waals surface area (Å²) in [6.07, 6.45) is 0. The van der Waals surface area contributed by atoms with E-state index in [-0.39, 0.29) is 5.78 Å². The molecule has 0 unspecified atom stereocenters. The van der Waals surface area contributed by atoms with Crippen molar-refractivity contribution >= 4 is 58.1 Å². The molecule has 0 saturated heterocycles. The number of rotatable bonds is 5. The standard InChI is InChI=1S/C15H14Cl2N4.C3H6O2.C3H6O.C2H6/c1-8-4-13-14(6-11(8)17)21-15(20-13)19-12-5-9(7-18)2-3-10(12)16;1-2-5-3-4;1-3(2)4;1-2/h2-6H,7,18H2,1H3,(H2,19,20,21);3H,2H2,1H3;1-2H3;1-2H3. The summed E-state index contributed by atoms with van der Waals surface area (Å²) < 4.78 is 4.15. The van der Waals surface area contributed by atoms with Gasteiger partial charge in [0.2, 0.25) is 5.95 Å². The maximum Gasteiger partial charge on any atom is 0.293 e. The molecule has 7 nitrogen and oxygen atoms in total. The Balaban J connectivity index is 0.000000738. The van der Waals surface area contributed by atoms with Crippen LogP contribution in [0.2, 0.25) is 10.0 Å². The molecule has 0 aliphatic rings. The second-order valence-corrected chi connectivity index (χ2v) is 7.12. The van der Waals surface area contributed by atoms with Crippen molar-refractivity contribution in [2.45, 2.75) is 48.1 Å². The van der Waals surface area contributed by atoms with Gasteiger partial charge in [-0.15, -0.1) is 0 Å². The van der Waals surface area contributed by atoms with Crippen molar-refractivity contribution in [2.24, 2.45) is 5.73 Å². The minimum Gasteiger partial charge on any atom is -0.468 e. The average molecular weight is 483 g/mol. The molecule has 0 saturated carbocycles. The molecule has 3 rings (SSSR count). The maximum absolute atomic E-state index is 9.44. The fourth-order valence-corrected chi connectivity index (χ4v) is 2.51. The largest absolute Gasteiger partial charge is 0.468 e. The first-order chi connectivity index (χ1) is 15.2. The number of imidazole rings is 1. The summed E-state index contributed by atoms with van der Waals surface area (Å²) in [4.78, 5) is 26.3. The first kappa shape index (κ1) is 29.4. The second-order valence-electron chi connectivity index (χ2n) is 6.31. The Labute approximate surface area is 199 Å². The molecule has 0 spiro atoms. The molecular formula is C23H32Cl2N4O3. The molecule has 0 bridgehead atoms. The summed E-state index contributed by atoms with van der Waals surface area (Å²) in [5.41, 5.74) is 10.1. The number of benzene rings is 2. The molecule has 2 aromatic carbocycles. The van der Waals surface area contributed by atoms with E-state index in [1.54, 1.807) is 6.92 Å². The number of ketones is 1. The van der Waals surface area contributed by atoms with Crippen molar-refractivity contribution in [2.75, 3.05) is 11.9 Å². The number of aryl methyl sites for hydroxylation is 1. The van der Waals surface area contributed by atoms with Crippen molar-refractivity contribution in [3.63, 3.8) is 0 Å². The van der Waals surface area contributed by atoms with E-state index < -0.39 is 0 Å². The normalized spacial score (nSPS) is 9.28. The van der Waals surface area contributed by atoms with Gasteiger partial charge in [-0.3, -0.25) is 4.79 Å². The third-order valence-electron chi connectivity index (χ3n) is 3.52. The maximum atomic E-state index is 9.44. The Kier molecular flexibility index (Phi) is 14.8. The van der Waals surface area contributed by atoms with Crippen LogP contribution < -0.4 is 11.1 Å². The summed E-state index contributed by atoms with van der Waals surface area (Å²) in [7, 11) is 0. The van der Waals surface area contributed by atoms with E-state index in [2.05, 4.69) is 20.0 Å². The molecule has 9 heteroatoms. The van der Waals surface area contributed by atoms with Crippen molar-refractivity contribution < 1.29 is 14.3 Å². The Morgan fingerprint density at radius 2 is 1.81 bits per heavy atom. The van der Waals surface area contributed by atoms with Crippen molar-refractivity contribution in [1.29, 1.82) is 0 Å². The van der Waals surface area contributed by atoms with Gasteiger partial charge in [-0.25, -0.2) is 4.98 Å². The van der Waals surface area contributed by atoms with Crippen LogP contribution in [0.5, 0.6) is 0 Å². The molecule has 0 aliphatic carbocycles. The summed E-state index contributed by atoms with van der Waals surface area (Å²) in [6.45, 7) is 12.1. The number of hydrogen-bond acceptors (Lipinski definition) is 6. The fourth-order valence-electron chi connectivity index (χ4n) is 2.19. The second kappa shape index (κ2) is 16.1. The van der Waals surface area contributed by atoms with Crippen LogP contribution in [0.1, 0.15) is 45.7 Å². The van der Waals surface area contributed by atoms with Crippen molar-refractivity contribution in [3.8, 4) is 0 Å². The Hall–Kier alpha value is -2.61. The number of ether oxygens (including phenoxy) is 1. The van der Waals surface area contributed by atoms with E-state index in [1.165, 1.54) is 13.8 Å². The Bertz CT molecular complexity index is 948. The Morgan fingerprint density at radius 3 is 2.31 bits per heavy atom. The molecular weight excluding hydrogens is 451 g/mol. The van der Waals surface area contributed by atoms with Crippen LogP contribution in [0.15, 0.2) is 30.3 Å². The van der Waals surface area contributed by atoms with Crippen LogP contribution in [0.25, 0.3) is 11.0 Å². The van der Waals surface area contributed by atoms with Crippen LogP contribution in [0.4, 0.5) is 11.6 Å². The molecule has 4 N–H and O–H groups in total. The molecule has 3 aromatic rings. The zero-order valence-electron chi connectivity index (χ0n) is 19.4. The van der Waals surface area contributed by atoms with E-state index in [0.717, 1.165) is 27.8 Å². The third-order valence-corrected chi connectivity index (χ3v) is 4.25. The number of H-pyrrole nitrogens is 1. The lowest BCUT2D eigenvalue weighted by Crippen LogP contribution is -1.99. The highest BCUT2D eigenvalue weighted by molar-refractivity contribution is 6.33. The van der Waals surface area contributed by atoms with E-state index >= 15 is 0 Å². The van der Waals surface area contributed by atoms with Crippen LogP contribution in [-0.4, -0.2) is 28.8 Å². The van der Waals surface area contributed by atoms with Gasteiger partial charge in [-0.2, -0.15) is 0 Å². The average Bonchev–Trinajstić information content (AvgIpc) is 3.13. The van der Waals surface area contributed by atoms with E-state index in [4.69, 9.17) is 28.9 Å². The van der Waals surface area contributed by atoms with Crippen molar-refractivity contribution in [3.05, 3.63) is 51.5 Å². The number of Topliss-reactive ketones (excluding diaryl/α,β-unsaturated/α-hetero) is 1. The number of carbonyl (C=O) groups excluding carboxylic acids is 2. The predicted octanol–water partition coefficient (Wildman–Crippen LogP) is 6.18. The zero-order valence-corrected chi connectivity index (χ0v) is 20.9. The Morgan fingerprint density at radius 1 is 1.19 bits per heavy atom. The van der Waals surface area contributed by atoms with Gasteiger partial charge in [0.15, 0.2) is 0 Å². The number of halogens is 2. The first-order valence-electron chi connectivity index (χ1n) is 10.2. The van der Waals surface area contributed by atoms with Gasteiger partial charge < -0.3 is 25.6 Å². The monoisotopic (exact) mass is 482 g/mol. The molecule has 0 amide bonds. The van der Waals surface area contributed by atoms with Gasteiger partial charge in [0.25, 0.3) is 6.47 Å². The highest BCUT2D eigenvalue weighted by Gasteiger charge is 2.08. The summed E-state index contributed by atoms with van der Waals surface area (Å²) in [5, 5.41) is 4.49. The zero-order chi connectivity index (χ0) is 24.7. The minimum atomic E-state index is 0.167. The van der Waals surface area contributed by atoms with E-state index in [0.29, 0.717) is 35.6 Å². The first-order valence-corrected chi connectivity index (χ1v) is 10.9. The van der Waals surface area contributed by atoms with Crippen LogP contribution in [0, 0.1) is 6.92 Å². The number of nitrogens with zero attached hydrogens (tertiary/aromatic N) is 1. The van der Waals surface area contributed by atoms with Crippen LogP contribution >= 0.6 is 23.2 Å². The number of nitrogens with one attached hydrogen (secondary N) is 2. The molecule has 32 heavy (non-hydrogen) atoms. The molecule has 176 valence electrons. The lowest BCUT2D eigenvalue weighted by molar-refractivity contribution is -0.128. The molecule has 0 fully saturated rings. The fraction of sp³-hybridized carbons (Fsp3) is 0.348. The van der Waals surface area contributed by atoms with Gasteiger partial charge in [-0.1, -0.05) is 43.1 Å². The molecule has 1 heterocycles. The van der Waals surface area contributed by atoms with Gasteiger partial charge >= 0.3 is 0 Å². The number of carbonyl (C=O) groups is 2. The quantitative estimate of drug-likeness (QED) is 0.374. The number of aromatic amines is 1. The number of nitrogens with two attached hydrogens (primary N) is 1. The summed E-state index contributed by atoms with van der Waals surface area (Å²) in [6, 6.07) is 9.43. The van der Waals surface area contributed by atoms with Crippen LogP contribution in [-0.2, 0) is 20.9 Å². The third kappa shape index (κ3) is 10.6. The van der Waals surface area contributed by atoms with Gasteiger partial charge in [0, 0.05) is 11.6 Å². The number of fused-ring (bicyclic) bond motifs is 1. The van der Waals surface area contributed by atoms with Gasteiger partial charge in [0.1, 0.15) is 5.78 Å². The van der Waals surface area contributed by atoms with E-state index in [1.807, 2.05) is 51.1 Å². The van der Waals surface area contributed by atoms with Gasteiger partial charge in [0.05, 0.1) is 28.4 Å². The lowest BCUT2D eigenvalue weighted by Gasteiger charge is -2.07. The smallest absolute Gasteiger partial charge is 0.293 e. The number of anilines is 2. The topological polar surface area (TPSA) is 110 Å². The number of hydrogen-bond donors (Lipinski definition) is 3. The molecule has 0 atom stereocenters. The molecule has 0 radical (unpaired) electrons. The van der Waals surface area contributed by atoms with Gasteiger partial charge in [-0.05, 0) is 63.1 Å². The minimum absolute atomic E-state index is 0.167. The SMILES string of the molecule is CC.CC(C)=O.CCOC=O.Cc1cc2[nH]c(Nc3cc(CN)ccc3Cl)nc2cc1Cl. The highest BCUT2D eigenvalue weighted by atomic mass is 35.5. The summed E-state index contributed by atoms with van der Waals surface area (Å²) in [5.74, 6) is 0.780. The van der Waals surface area contributed by atoms with E-state index in [9.17, 15) is 9.59 Å². The summed E-state index contributed by atoms with van der Waals surface area (Å²) >= 11 is 12.3. The number of aromatic nitrogens is 2. The van der Waals surface area contributed by atoms with Crippen LogP contribution in [0.3, 0.4) is 0 Å².